The average molecular weight is 270 g/mol. The van der Waals surface area contributed by atoms with Gasteiger partial charge in [0.15, 0.2) is 11.5 Å². The van der Waals surface area contributed by atoms with E-state index < -0.39 is 0 Å². The SMILES string of the molecule is C#CCOc1c(CNCC)cccc1OCC.Cl. The lowest BCUT2D eigenvalue weighted by Crippen LogP contribution is -2.13. The molecule has 1 aromatic rings. The van der Waals surface area contributed by atoms with Gasteiger partial charge >= 0.3 is 0 Å². The molecule has 4 heteroatoms. The highest BCUT2D eigenvalue weighted by atomic mass is 35.5. The fourth-order valence-corrected chi connectivity index (χ4v) is 1.51. The maximum Gasteiger partial charge on any atom is 0.167 e. The van der Waals surface area contributed by atoms with Crippen molar-refractivity contribution >= 4 is 12.4 Å². The van der Waals surface area contributed by atoms with Crippen molar-refractivity contribution in [2.45, 2.75) is 20.4 Å². The third-order valence-electron chi connectivity index (χ3n) is 2.23. The van der Waals surface area contributed by atoms with Crippen LogP contribution in [0.2, 0.25) is 0 Å². The maximum atomic E-state index is 5.57. The first-order chi connectivity index (χ1) is 8.33. The molecule has 0 saturated heterocycles. The minimum atomic E-state index is 0. The molecule has 0 atom stereocenters. The quantitative estimate of drug-likeness (QED) is 0.772. The number of hydrogen-bond acceptors (Lipinski definition) is 3. The van der Waals surface area contributed by atoms with Crippen molar-refractivity contribution in [1.29, 1.82) is 0 Å². The minimum absolute atomic E-state index is 0. The van der Waals surface area contributed by atoms with Gasteiger partial charge in [-0.1, -0.05) is 25.0 Å². The molecule has 0 radical (unpaired) electrons. The van der Waals surface area contributed by atoms with Gasteiger partial charge in [0.25, 0.3) is 0 Å². The van der Waals surface area contributed by atoms with Gasteiger partial charge in [0.1, 0.15) is 6.61 Å². The summed E-state index contributed by atoms with van der Waals surface area (Å²) in [5.41, 5.74) is 1.06. The summed E-state index contributed by atoms with van der Waals surface area (Å²) in [6.07, 6.45) is 5.22. The van der Waals surface area contributed by atoms with Crippen molar-refractivity contribution < 1.29 is 9.47 Å². The highest BCUT2D eigenvalue weighted by Gasteiger charge is 2.10. The Balaban J connectivity index is 0.00000289. The number of terminal acetylenes is 1. The van der Waals surface area contributed by atoms with Gasteiger partial charge in [-0.05, 0) is 19.5 Å². The Kier molecular flexibility index (Phi) is 8.91. The monoisotopic (exact) mass is 269 g/mol. The van der Waals surface area contributed by atoms with E-state index in [0.717, 1.165) is 30.2 Å². The molecule has 1 rings (SSSR count). The Morgan fingerprint density at radius 3 is 2.67 bits per heavy atom. The van der Waals surface area contributed by atoms with Crippen molar-refractivity contribution in [3.05, 3.63) is 23.8 Å². The van der Waals surface area contributed by atoms with Crippen LogP contribution in [0.15, 0.2) is 18.2 Å². The maximum absolute atomic E-state index is 5.57. The van der Waals surface area contributed by atoms with Crippen LogP contribution in [0.25, 0.3) is 0 Å². The Hall–Kier alpha value is -1.37. The molecular weight excluding hydrogens is 250 g/mol. The van der Waals surface area contributed by atoms with Gasteiger partial charge in [0.05, 0.1) is 6.61 Å². The fourth-order valence-electron chi connectivity index (χ4n) is 1.51. The molecule has 0 aliphatic heterocycles. The number of rotatable bonds is 7. The van der Waals surface area contributed by atoms with Crippen LogP contribution in [-0.2, 0) is 6.54 Å². The van der Waals surface area contributed by atoms with Crippen molar-refractivity contribution in [1.82, 2.24) is 5.32 Å². The standard InChI is InChI=1S/C14H19NO2.ClH/c1-4-10-17-14-12(11-15-5-2)8-7-9-13(14)16-6-3;/h1,7-9,15H,5-6,10-11H2,2-3H3;1H. The summed E-state index contributed by atoms with van der Waals surface area (Å²) in [6, 6.07) is 5.86. The van der Waals surface area contributed by atoms with Crippen LogP contribution in [-0.4, -0.2) is 19.8 Å². The topological polar surface area (TPSA) is 30.5 Å². The second-order valence-electron chi connectivity index (χ2n) is 3.45. The fraction of sp³-hybridized carbons (Fsp3) is 0.429. The van der Waals surface area contributed by atoms with E-state index in [4.69, 9.17) is 15.9 Å². The molecule has 0 aromatic heterocycles. The van der Waals surface area contributed by atoms with Gasteiger partial charge in [-0.3, -0.25) is 0 Å². The third-order valence-corrected chi connectivity index (χ3v) is 2.23. The molecule has 1 aromatic carbocycles. The zero-order valence-corrected chi connectivity index (χ0v) is 11.7. The van der Waals surface area contributed by atoms with Crippen LogP contribution in [0, 0.1) is 12.3 Å². The van der Waals surface area contributed by atoms with Gasteiger partial charge in [0, 0.05) is 12.1 Å². The summed E-state index contributed by atoms with van der Waals surface area (Å²) in [6.45, 7) is 6.53. The largest absolute Gasteiger partial charge is 0.490 e. The summed E-state index contributed by atoms with van der Waals surface area (Å²) >= 11 is 0. The van der Waals surface area contributed by atoms with E-state index in [1.807, 2.05) is 25.1 Å². The predicted molar refractivity (Wildman–Crippen MR) is 76.6 cm³/mol. The van der Waals surface area contributed by atoms with E-state index in [-0.39, 0.29) is 19.0 Å². The number of halogens is 1. The van der Waals surface area contributed by atoms with Crippen LogP contribution >= 0.6 is 12.4 Å². The van der Waals surface area contributed by atoms with Gasteiger partial charge in [-0.2, -0.15) is 0 Å². The van der Waals surface area contributed by atoms with Crippen molar-refractivity contribution in [2.24, 2.45) is 0 Å². The first-order valence-corrected chi connectivity index (χ1v) is 5.85. The molecular formula is C14H20ClNO2. The lowest BCUT2D eigenvalue weighted by molar-refractivity contribution is 0.296. The van der Waals surface area contributed by atoms with Crippen molar-refractivity contribution in [3.63, 3.8) is 0 Å². The van der Waals surface area contributed by atoms with Crippen molar-refractivity contribution in [2.75, 3.05) is 19.8 Å². The molecule has 0 aliphatic rings. The lowest BCUT2D eigenvalue weighted by atomic mass is 10.2. The van der Waals surface area contributed by atoms with E-state index in [9.17, 15) is 0 Å². The normalized spacial score (nSPS) is 9.17. The van der Waals surface area contributed by atoms with E-state index in [2.05, 4.69) is 18.2 Å². The number of para-hydroxylation sites is 1. The molecule has 0 unspecified atom stereocenters. The van der Waals surface area contributed by atoms with Crippen LogP contribution in [0.5, 0.6) is 11.5 Å². The molecule has 0 spiro atoms. The number of benzene rings is 1. The molecule has 3 nitrogen and oxygen atoms in total. The predicted octanol–water partition coefficient (Wildman–Crippen LogP) is 2.63. The summed E-state index contributed by atoms with van der Waals surface area (Å²) < 4.78 is 11.1. The van der Waals surface area contributed by atoms with Crippen LogP contribution in [0.4, 0.5) is 0 Å². The highest BCUT2D eigenvalue weighted by Crippen LogP contribution is 2.31. The molecule has 0 heterocycles. The van der Waals surface area contributed by atoms with Crippen LogP contribution in [0.3, 0.4) is 0 Å². The molecule has 0 bridgehead atoms. The molecule has 0 fully saturated rings. The summed E-state index contributed by atoms with van der Waals surface area (Å²) in [5.74, 6) is 3.96. The minimum Gasteiger partial charge on any atom is -0.490 e. The third kappa shape index (κ3) is 4.87. The summed E-state index contributed by atoms with van der Waals surface area (Å²) in [7, 11) is 0. The summed E-state index contributed by atoms with van der Waals surface area (Å²) in [4.78, 5) is 0. The first kappa shape index (κ1) is 16.6. The summed E-state index contributed by atoms with van der Waals surface area (Å²) in [5, 5.41) is 3.26. The molecule has 0 saturated carbocycles. The number of nitrogens with one attached hydrogen (secondary N) is 1. The number of ether oxygens (including phenoxy) is 2. The first-order valence-electron chi connectivity index (χ1n) is 5.85. The van der Waals surface area contributed by atoms with Crippen LogP contribution < -0.4 is 14.8 Å². The van der Waals surface area contributed by atoms with E-state index >= 15 is 0 Å². The Labute approximate surface area is 115 Å². The van der Waals surface area contributed by atoms with E-state index in [1.54, 1.807) is 0 Å². The molecule has 1 N–H and O–H groups in total. The van der Waals surface area contributed by atoms with Crippen molar-refractivity contribution in [3.8, 4) is 23.8 Å². The Bertz CT molecular complexity index is 388. The second-order valence-corrected chi connectivity index (χ2v) is 3.45. The lowest BCUT2D eigenvalue weighted by Gasteiger charge is -2.14. The number of hydrogen-bond donors (Lipinski definition) is 1. The Morgan fingerprint density at radius 2 is 2.06 bits per heavy atom. The highest BCUT2D eigenvalue weighted by molar-refractivity contribution is 5.85. The van der Waals surface area contributed by atoms with Gasteiger partial charge in [-0.15, -0.1) is 18.8 Å². The molecule has 0 amide bonds. The van der Waals surface area contributed by atoms with Gasteiger partial charge in [-0.25, -0.2) is 0 Å². The van der Waals surface area contributed by atoms with Gasteiger partial charge in [0.2, 0.25) is 0 Å². The van der Waals surface area contributed by atoms with Crippen LogP contribution in [0.1, 0.15) is 19.4 Å². The smallest absolute Gasteiger partial charge is 0.167 e. The average Bonchev–Trinajstić information content (AvgIpc) is 2.35. The zero-order valence-electron chi connectivity index (χ0n) is 10.9. The molecule has 18 heavy (non-hydrogen) atoms. The van der Waals surface area contributed by atoms with E-state index in [1.165, 1.54) is 0 Å². The molecule has 0 aliphatic carbocycles. The molecule has 100 valence electrons. The van der Waals surface area contributed by atoms with E-state index in [0.29, 0.717) is 6.61 Å². The second kappa shape index (κ2) is 9.64. The zero-order chi connectivity index (χ0) is 12.5. The Morgan fingerprint density at radius 1 is 1.28 bits per heavy atom. The van der Waals surface area contributed by atoms with Gasteiger partial charge < -0.3 is 14.8 Å².